The highest BCUT2D eigenvalue weighted by Gasteiger charge is 2.47. The number of hydrogen-bond acceptors (Lipinski definition) is 3. The number of hydrazine groups is 1. The number of nitrogens with zero attached hydrogens (tertiary/aromatic N) is 3. The molecule has 0 spiro atoms. The zero-order valence-electron chi connectivity index (χ0n) is 15.6. The largest absolute Gasteiger partial charge is 0.497 e. The second-order valence-electron chi connectivity index (χ2n) is 7.19. The number of carbonyl (C=O) groups excluding carboxylic acids is 1. The standard InChI is InChI=1S/C21H25N3O2/c1-15(2)16-5-9-18(10-6-16)24-20(17-7-11-19(26-3)12-8-17)22-13-4-14-23(22)21(24)25/h5-12,15,20H,4,13-14H2,1-3H3/t20-/m1/s1. The van der Waals surface area contributed by atoms with Crippen LogP contribution in [0.15, 0.2) is 48.5 Å². The van der Waals surface area contributed by atoms with E-state index in [1.165, 1.54) is 5.56 Å². The van der Waals surface area contributed by atoms with Crippen LogP contribution < -0.4 is 9.64 Å². The number of anilines is 1. The van der Waals surface area contributed by atoms with E-state index < -0.39 is 0 Å². The lowest BCUT2D eigenvalue weighted by molar-refractivity contribution is 0.0727. The van der Waals surface area contributed by atoms with Gasteiger partial charge in [-0.1, -0.05) is 38.1 Å². The van der Waals surface area contributed by atoms with Gasteiger partial charge in [0.05, 0.1) is 7.11 Å². The first-order chi connectivity index (χ1) is 12.6. The molecule has 2 heterocycles. The summed E-state index contributed by atoms with van der Waals surface area (Å²) in [6.07, 6.45) is 0.902. The summed E-state index contributed by atoms with van der Waals surface area (Å²) in [6.45, 7) is 6.03. The normalized spacial score (nSPS) is 20.2. The van der Waals surface area contributed by atoms with E-state index in [-0.39, 0.29) is 12.2 Å². The minimum absolute atomic E-state index is 0.0561. The van der Waals surface area contributed by atoms with Crippen molar-refractivity contribution in [2.45, 2.75) is 32.4 Å². The number of amides is 2. The predicted octanol–water partition coefficient (Wildman–Crippen LogP) is 4.38. The second-order valence-corrected chi connectivity index (χ2v) is 7.19. The predicted molar refractivity (Wildman–Crippen MR) is 102 cm³/mol. The fourth-order valence-corrected chi connectivity index (χ4v) is 3.82. The van der Waals surface area contributed by atoms with Crippen LogP contribution in [0.25, 0.3) is 0 Å². The van der Waals surface area contributed by atoms with Gasteiger partial charge in [-0.05, 0) is 47.7 Å². The zero-order chi connectivity index (χ0) is 18.3. The number of carbonyl (C=O) groups is 1. The van der Waals surface area contributed by atoms with E-state index in [2.05, 4.69) is 43.1 Å². The van der Waals surface area contributed by atoms with E-state index in [4.69, 9.17) is 4.74 Å². The molecule has 2 saturated heterocycles. The van der Waals surface area contributed by atoms with Crippen molar-refractivity contribution in [3.8, 4) is 5.75 Å². The second kappa shape index (κ2) is 6.65. The van der Waals surface area contributed by atoms with Crippen LogP contribution in [-0.4, -0.2) is 36.2 Å². The Balaban J connectivity index is 1.73. The van der Waals surface area contributed by atoms with Crippen LogP contribution in [0.3, 0.4) is 0 Å². The maximum atomic E-state index is 13.1. The van der Waals surface area contributed by atoms with Crippen LogP contribution in [-0.2, 0) is 0 Å². The lowest BCUT2D eigenvalue weighted by atomic mass is 10.0. The first-order valence-electron chi connectivity index (χ1n) is 9.21. The van der Waals surface area contributed by atoms with Crippen molar-refractivity contribution in [1.82, 2.24) is 10.0 Å². The summed E-state index contributed by atoms with van der Waals surface area (Å²) in [5.41, 5.74) is 3.31. The van der Waals surface area contributed by atoms with Crippen LogP contribution >= 0.6 is 0 Å². The molecule has 0 radical (unpaired) electrons. The number of rotatable bonds is 4. The van der Waals surface area contributed by atoms with Gasteiger partial charge in [0, 0.05) is 18.8 Å². The Morgan fingerprint density at radius 2 is 1.69 bits per heavy atom. The topological polar surface area (TPSA) is 36.0 Å². The highest BCUT2D eigenvalue weighted by atomic mass is 16.5. The summed E-state index contributed by atoms with van der Waals surface area (Å²) >= 11 is 0. The molecule has 0 N–H and O–H groups in total. The van der Waals surface area contributed by atoms with Gasteiger partial charge in [-0.3, -0.25) is 9.91 Å². The molecule has 2 aromatic carbocycles. The Kier molecular flexibility index (Phi) is 4.32. The Labute approximate surface area is 154 Å². The van der Waals surface area contributed by atoms with E-state index in [9.17, 15) is 4.79 Å². The van der Waals surface area contributed by atoms with Crippen LogP contribution in [0, 0.1) is 0 Å². The van der Waals surface area contributed by atoms with E-state index in [1.54, 1.807) is 7.11 Å². The maximum Gasteiger partial charge on any atom is 0.340 e. The number of fused-ring (bicyclic) bond motifs is 1. The number of urea groups is 1. The minimum Gasteiger partial charge on any atom is -0.497 e. The summed E-state index contributed by atoms with van der Waals surface area (Å²) < 4.78 is 5.28. The molecule has 26 heavy (non-hydrogen) atoms. The Morgan fingerprint density at radius 1 is 1.00 bits per heavy atom. The number of methoxy groups -OCH3 is 1. The van der Waals surface area contributed by atoms with Crippen molar-refractivity contribution in [2.75, 3.05) is 25.1 Å². The van der Waals surface area contributed by atoms with E-state index in [0.717, 1.165) is 36.5 Å². The van der Waals surface area contributed by atoms with Crippen LogP contribution in [0.2, 0.25) is 0 Å². The Bertz CT molecular complexity index is 786. The Morgan fingerprint density at radius 3 is 2.31 bits per heavy atom. The molecule has 5 nitrogen and oxygen atoms in total. The van der Waals surface area contributed by atoms with Crippen LogP contribution in [0.5, 0.6) is 5.75 Å². The number of hydrogen-bond donors (Lipinski definition) is 0. The fourth-order valence-electron chi connectivity index (χ4n) is 3.82. The van der Waals surface area contributed by atoms with E-state index in [1.807, 2.05) is 34.2 Å². The fraction of sp³-hybridized carbons (Fsp3) is 0.381. The monoisotopic (exact) mass is 351 g/mol. The van der Waals surface area contributed by atoms with Gasteiger partial charge in [0.2, 0.25) is 0 Å². The molecule has 0 saturated carbocycles. The molecule has 1 atom stereocenters. The molecule has 2 aromatic rings. The van der Waals surface area contributed by atoms with Gasteiger partial charge in [-0.2, -0.15) is 5.01 Å². The summed E-state index contributed by atoms with van der Waals surface area (Å²) in [5, 5.41) is 4.06. The summed E-state index contributed by atoms with van der Waals surface area (Å²) in [7, 11) is 1.67. The quantitative estimate of drug-likeness (QED) is 0.820. The van der Waals surface area contributed by atoms with Gasteiger partial charge < -0.3 is 4.74 Å². The molecular weight excluding hydrogens is 326 g/mol. The van der Waals surface area contributed by atoms with Crippen LogP contribution in [0.4, 0.5) is 10.5 Å². The van der Waals surface area contributed by atoms with Crippen molar-refractivity contribution < 1.29 is 9.53 Å². The molecule has 2 fully saturated rings. The smallest absolute Gasteiger partial charge is 0.340 e. The molecule has 5 heteroatoms. The average Bonchev–Trinajstić information content (AvgIpc) is 3.24. The molecule has 136 valence electrons. The third-order valence-electron chi connectivity index (χ3n) is 5.27. The summed E-state index contributed by atoms with van der Waals surface area (Å²) in [5.74, 6) is 1.30. The lowest BCUT2D eigenvalue weighted by Crippen LogP contribution is -2.32. The van der Waals surface area contributed by atoms with Gasteiger partial charge in [-0.15, -0.1) is 0 Å². The van der Waals surface area contributed by atoms with Gasteiger partial charge in [-0.25, -0.2) is 4.79 Å². The third-order valence-corrected chi connectivity index (χ3v) is 5.27. The van der Waals surface area contributed by atoms with Gasteiger partial charge in [0.25, 0.3) is 0 Å². The SMILES string of the molecule is COc1ccc([C@H]2N(c3ccc(C(C)C)cc3)C(=O)N3CCCN23)cc1. The van der Waals surface area contributed by atoms with Crippen molar-refractivity contribution >= 4 is 11.7 Å². The van der Waals surface area contributed by atoms with Crippen molar-refractivity contribution in [1.29, 1.82) is 0 Å². The van der Waals surface area contributed by atoms with Crippen molar-refractivity contribution in [2.24, 2.45) is 0 Å². The minimum atomic E-state index is -0.110. The molecule has 0 aliphatic carbocycles. The van der Waals surface area contributed by atoms with Gasteiger partial charge >= 0.3 is 6.03 Å². The Hall–Kier alpha value is -2.53. The van der Waals surface area contributed by atoms with Crippen LogP contribution in [0.1, 0.15) is 43.5 Å². The van der Waals surface area contributed by atoms with E-state index >= 15 is 0 Å². The number of ether oxygens (including phenoxy) is 1. The molecule has 2 amide bonds. The summed E-state index contributed by atoms with van der Waals surface area (Å²) in [4.78, 5) is 15.0. The highest BCUT2D eigenvalue weighted by Crippen LogP contribution is 2.40. The molecule has 2 aliphatic heterocycles. The molecular formula is C21H25N3O2. The highest BCUT2D eigenvalue weighted by molar-refractivity contribution is 5.94. The van der Waals surface area contributed by atoms with Crippen molar-refractivity contribution in [3.05, 3.63) is 59.7 Å². The third kappa shape index (κ3) is 2.72. The first kappa shape index (κ1) is 16.9. The van der Waals surface area contributed by atoms with Crippen molar-refractivity contribution in [3.63, 3.8) is 0 Å². The molecule has 0 aromatic heterocycles. The zero-order valence-corrected chi connectivity index (χ0v) is 15.6. The van der Waals surface area contributed by atoms with Gasteiger partial charge in [0.15, 0.2) is 0 Å². The van der Waals surface area contributed by atoms with E-state index in [0.29, 0.717) is 5.92 Å². The average molecular weight is 351 g/mol. The molecule has 0 bridgehead atoms. The molecule has 0 unspecified atom stereocenters. The molecule has 4 rings (SSSR count). The molecule has 2 aliphatic rings. The maximum absolute atomic E-state index is 13.1. The first-order valence-corrected chi connectivity index (χ1v) is 9.21. The van der Waals surface area contributed by atoms with Gasteiger partial charge in [0.1, 0.15) is 11.9 Å². The lowest BCUT2D eigenvalue weighted by Gasteiger charge is -2.28. The summed E-state index contributed by atoms with van der Waals surface area (Å²) in [6, 6.07) is 16.4. The number of benzene rings is 2.